The maximum Gasteiger partial charge on any atom is 0.251 e. The molecule has 3 heterocycles. The highest BCUT2D eigenvalue weighted by Crippen LogP contribution is 2.38. The molecule has 0 aliphatic carbocycles. The summed E-state index contributed by atoms with van der Waals surface area (Å²) in [6, 6.07) is 21.2. The van der Waals surface area contributed by atoms with Gasteiger partial charge in [-0.3, -0.25) is 9.78 Å². The molecule has 0 saturated carbocycles. The first kappa shape index (κ1) is 18.2. The maximum atomic E-state index is 12.6. The largest absolute Gasteiger partial charge is 0.487 e. The number of nitrogens with one attached hydrogen (secondary N) is 1. The highest BCUT2D eigenvalue weighted by Gasteiger charge is 2.26. The van der Waals surface area contributed by atoms with E-state index in [-0.39, 0.29) is 12.0 Å². The zero-order valence-electron chi connectivity index (χ0n) is 16.2. The molecule has 1 atom stereocenters. The summed E-state index contributed by atoms with van der Waals surface area (Å²) in [5.74, 6) is 1.56. The number of pyridine rings is 1. The number of rotatable bonds is 5. The van der Waals surface area contributed by atoms with Crippen LogP contribution in [0.3, 0.4) is 0 Å². The minimum Gasteiger partial charge on any atom is -0.487 e. The first-order chi connectivity index (χ1) is 14.8. The quantitative estimate of drug-likeness (QED) is 0.529. The normalized spacial score (nSPS) is 14.7. The Kier molecular flexibility index (Phi) is 4.77. The van der Waals surface area contributed by atoms with Crippen LogP contribution in [0.15, 0.2) is 89.8 Å². The van der Waals surface area contributed by atoms with E-state index in [9.17, 15) is 4.79 Å². The lowest BCUT2D eigenvalue weighted by atomic mass is 10.0. The molecule has 30 heavy (non-hydrogen) atoms. The van der Waals surface area contributed by atoms with Crippen LogP contribution >= 0.6 is 0 Å². The minimum atomic E-state index is -0.116. The summed E-state index contributed by atoms with van der Waals surface area (Å²) in [6.07, 6.45) is 5.87. The number of nitrogens with zero attached hydrogens (tertiary/aromatic N) is 1. The number of furan rings is 1. The lowest BCUT2D eigenvalue weighted by Gasteiger charge is -2.14. The van der Waals surface area contributed by atoms with Crippen molar-refractivity contribution in [2.24, 2.45) is 0 Å². The van der Waals surface area contributed by atoms with Crippen molar-refractivity contribution in [2.75, 3.05) is 6.54 Å². The molecule has 5 rings (SSSR count). The molecule has 1 amide bonds. The van der Waals surface area contributed by atoms with Gasteiger partial charge in [-0.25, -0.2) is 0 Å². The van der Waals surface area contributed by atoms with Crippen molar-refractivity contribution in [1.29, 1.82) is 0 Å². The molecule has 0 saturated heterocycles. The summed E-state index contributed by atoms with van der Waals surface area (Å²) >= 11 is 0. The van der Waals surface area contributed by atoms with E-state index in [0.29, 0.717) is 12.1 Å². The molecular formula is C25H20N2O3. The van der Waals surface area contributed by atoms with E-state index < -0.39 is 0 Å². The van der Waals surface area contributed by atoms with Crippen LogP contribution < -0.4 is 10.1 Å². The molecule has 0 spiro atoms. The third-order valence-corrected chi connectivity index (χ3v) is 5.26. The smallest absolute Gasteiger partial charge is 0.251 e. The Labute approximate surface area is 174 Å². The van der Waals surface area contributed by atoms with Gasteiger partial charge in [0.15, 0.2) is 0 Å². The van der Waals surface area contributed by atoms with Crippen LogP contribution in [-0.2, 0) is 6.42 Å². The fourth-order valence-corrected chi connectivity index (χ4v) is 3.75. The zero-order chi connectivity index (χ0) is 20.3. The second-order valence-electron chi connectivity index (χ2n) is 7.24. The summed E-state index contributed by atoms with van der Waals surface area (Å²) in [5.41, 5.74) is 4.83. The molecule has 0 fully saturated rings. The molecule has 0 bridgehead atoms. The molecule has 2 aromatic carbocycles. The predicted molar refractivity (Wildman–Crippen MR) is 114 cm³/mol. The number of carbonyl (C=O) groups excluding carboxylic acids is 1. The lowest BCUT2D eigenvalue weighted by Crippen LogP contribution is -2.34. The average molecular weight is 396 g/mol. The van der Waals surface area contributed by atoms with Crippen molar-refractivity contribution < 1.29 is 13.9 Å². The van der Waals surface area contributed by atoms with Crippen LogP contribution in [0.25, 0.3) is 22.5 Å². The first-order valence-corrected chi connectivity index (χ1v) is 9.89. The Morgan fingerprint density at radius 2 is 1.80 bits per heavy atom. The number of carbonyl (C=O) groups is 1. The van der Waals surface area contributed by atoms with Gasteiger partial charge in [0, 0.05) is 35.5 Å². The Hall–Kier alpha value is -3.86. The summed E-state index contributed by atoms with van der Waals surface area (Å²) < 4.78 is 11.6. The van der Waals surface area contributed by atoms with E-state index in [1.807, 2.05) is 42.5 Å². The van der Waals surface area contributed by atoms with Crippen LogP contribution in [0.2, 0.25) is 0 Å². The topological polar surface area (TPSA) is 64.4 Å². The van der Waals surface area contributed by atoms with Gasteiger partial charge in [0.1, 0.15) is 17.6 Å². The number of aromatic nitrogens is 1. The van der Waals surface area contributed by atoms with Crippen LogP contribution in [0, 0.1) is 0 Å². The van der Waals surface area contributed by atoms with Crippen molar-refractivity contribution in [2.45, 2.75) is 12.5 Å². The molecule has 1 aliphatic heterocycles. The monoisotopic (exact) mass is 396 g/mol. The van der Waals surface area contributed by atoms with Gasteiger partial charge in [-0.15, -0.1) is 0 Å². The van der Waals surface area contributed by atoms with Crippen molar-refractivity contribution in [3.8, 4) is 28.2 Å². The third kappa shape index (κ3) is 3.57. The van der Waals surface area contributed by atoms with Gasteiger partial charge >= 0.3 is 0 Å². The van der Waals surface area contributed by atoms with Gasteiger partial charge < -0.3 is 14.5 Å². The summed E-state index contributed by atoms with van der Waals surface area (Å²) in [4.78, 5) is 16.6. The van der Waals surface area contributed by atoms with E-state index in [2.05, 4.69) is 22.4 Å². The van der Waals surface area contributed by atoms with Crippen LogP contribution in [0.1, 0.15) is 15.9 Å². The van der Waals surface area contributed by atoms with Crippen molar-refractivity contribution in [3.63, 3.8) is 0 Å². The standard InChI is InChI=1S/C25H20N2O3/c28-25(19-8-6-18(7-9-19)23-5-2-14-29-23)27-16-21-15-20-3-1-4-22(24(20)30-21)17-10-12-26-13-11-17/h1-14,21H,15-16H2,(H,27,28). The first-order valence-electron chi connectivity index (χ1n) is 9.89. The molecule has 2 aromatic heterocycles. The van der Waals surface area contributed by atoms with E-state index in [0.717, 1.165) is 40.2 Å². The molecule has 1 aliphatic rings. The number of benzene rings is 2. The minimum absolute atomic E-state index is 0.0886. The molecule has 4 aromatic rings. The van der Waals surface area contributed by atoms with Gasteiger partial charge in [-0.1, -0.05) is 30.3 Å². The Bertz CT molecular complexity index is 1150. The molecule has 148 valence electrons. The molecule has 5 nitrogen and oxygen atoms in total. The number of fused-ring (bicyclic) bond motifs is 1. The molecule has 1 N–H and O–H groups in total. The van der Waals surface area contributed by atoms with E-state index >= 15 is 0 Å². The fourth-order valence-electron chi connectivity index (χ4n) is 3.75. The Morgan fingerprint density at radius 1 is 0.967 bits per heavy atom. The van der Waals surface area contributed by atoms with Crippen LogP contribution in [0.5, 0.6) is 5.75 Å². The second-order valence-corrected chi connectivity index (χ2v) is 7.24. The predicted octanol–water partition coefficient (Wildman–Crippen LogP) is 4.74. The molecule has 0 radical (unpaired) electrons. The Morgan fingerprint density at radius 3 is 2.57 bits per heavy atom. The average Bonchev–Trinajstić information content (AvgIpc) is 3.48. The summed E-state index contributed by atoms with van der Waals surface area (Å²) in [5, 5.41) is 2.99. The van der Waals surface area contributed by atoms with E-state index in [4.69, 9.17) is 9.15 Å². The van der Waals surface area contributed by atoms with Crippen molar-refractivity contribution in [3.05, 3.63) is 96.5 Å². The van der Waals surface area contributed by atoms with Gasteiger partial charge in [0.25, 0.3) is 5.91 Å². The van der Waals surface area contributed by atoms with Gasteiger partial charge in [0.2, 0.25) is 0 Å². The number of amides is 1. The maximum absolute atomic E-state index is 12.6. The molecular weight excluding hydrogens is 376 g/mol. The highest BCUT2D eigenvalue weighted by molar-refractivity contribution is 5.94. The van der Waals surface area contributed by atoms with Crippen molar-refractivity contribution >= 4 is 5.91 Å². The van der Waals surface area contributed by atoms with Crippen LogP contribution in [0.4, 0.5) is 0 Å². The zero-order valence-corrected chi connectivity index (χ0v) is 16.2. The Balaban J connectivity index is 1.23. The van der Waals surface area contributed by atoms with Gasteiger partial charge in [-0.05, 0) is 47.5 Å². The molecule has 5 heteroatoms. The second kappa shape index (κ2) is 7.87. The summed E-state index contributed by atoms with van der Waals surface area (Å²) in [7, 11) is 0. The highest BCUT2D eigenvalue weighted by atomic mass is 16.5. The number of ether oxygens (including phenoxy) is 1. The summed E-state index contributed by atoms with van der Waals surface area (Å²) in [6.45, 7) is 0.448. The van der Waals surface area contributed by atoms with E-state index in [1.54, 1.807) is 30.8 Å². The third-order valence-electron chi connectivity index (χ3n) is 5.26. The molecule has 1 unspecified atom stereocenters. The number of hydrogen-bond acceptors (Lipinski definition) is 4. The van der Waals surface area contributed by atoms with Gasteiger partial charge in [0.05, 0.1) is 12.8 Å². The van der Waals surface area contributed by atoms with Crippen LogP contribution in [-0.4, -0.2) is 23.5 Å². The van der Waals surface area contributed by atoms with E-state index in [1.165, 1.54) is 0 Å². The van der Waals surface area contributed by atoms with Crippen molar-refractivity contribution in [1.82, 2.24) is 10.3 Å². The lowest BCUT2D eigenvalue weighted by molar-refractivity contribution is 0.0933. The van der Waals surface area contributed by atoms with Gasteiger partial charge in [-0.2, -0.15) is 0 Å². The fraction of sp³-hybridized carbons (Fsp3) is 0.120. The SMILES string of the molecule is O=C(NCC1Cc2cccc(-c3ccncc3)c2O1)c1ccc(-c2ccco2)cc1. The number of para-hydroxylation sites is 1. The number of hydrogen-bond donors (Lipinski definition) is 1.